The van der Waals surface area contributed by atoms with Gasteiger partial charge in [0.25, 0.3) is 0 Å². The summed E-state index contributed by atoms with van der Waals surface area (Å²) in [6, 6.07) is 27.1. The zero-order valence-electron chi connectivity index (χ0n) is 25.4. The van der Waals surface area contributed by atoms with Crippen LogP contribution < -0.4 is 5.32 Å². The van der Waals surface area contributed by atoms with E-state index in [0.717, 1.165) is 71.8 Å². The molecule has 6 aromatic rings. The van der Waals surface area contributed by atoms with E-state index < -0.39 is 0 Å². The summed E-state index contributed by atoms with van der Waals surface area (Å²) in [5.41, 5.74) is 6.93. The molecule has 5 heterocycles. The normalized spacial score (nSPS) is 13.8. The Morgan fingerprint density at radius 1 is 0.841 bits per heavy atom. The van der Waals surface area contributed by atoms with E-state index in [1.165, 1.54) is 5.56 Å². The third-order valence-corrected chi connectivity index (χ3v) is 7.88. The first kappa shape index (κ1) is 29.1. The van der Waals surface area contributed by atoms with Crippen LogP contribution in [0.3, 0.4) is 0 Å². The molecule has 0 unspecified atom stereocenters. The Morgan fingerprint density at radius 3 is 2.34 bits per heavy atom. The van der Waals surface area contributed by atoms with Crippen LogP contribution in [0.15, 0.2) is 91.3 Å². The van der Waals surface area contributed by atoms with Crippen molar-refractivity contribution in [1.82, 2.24) is 40.0 Å². The van der Waals surface area contributed by atoms with Crippen LogP contribution in [-0.4, -0.2) is 60.2 Å². The number of anilines is 1. The van der Waals surface area contributed by atoms with Crippen LogP contribution in [0.1, 0.15) is 44.0 Å². The molecular weight excluding hydrogens is 546 g/mol. The highest BCUT2D eigenvalue weighted by atomic mass is 15.2. The van der Waals surface area contributed by atoms with Crippen molar-refractivity contribution in [3.05, 3.63) is 103 Å². The number of likely N-dealkylation sites (tertiary alicyclic amines) is 1. The molecule has 0 saturated carbocycles. The quantitative estimate of drug-likeness (QED) is 0.207. The van der Waals surface area contributed by atoms with Crippen molar-refractivity contribution >= 4 is 17.0 Å². The standard InChI is InChI=1S/C33H31N9.C2H6/c1-34-33-36-20-26-19-27(23-7-3-2-4-8-23)29(37-30(26)39-33)24-12-10-22(11-13-24)21-42-17-14-25(15-18-42)31-38-32(41-40-31)28-9-5-6-16-35-28;1-2/h2-13,16,19-20,25H,14-15,17-18,21H2,1H3,(H,38,40,41)(H,34,36,37,39);1-2H3. The first-order valence-corrected chi connectivity index (χ1v) is 15.3. The Hall–Kier alpha value is -5.02. The summed E-state index contributed by atoms with van der Waals surface area (Å²) in [6.45, 7) is 6.95. The van der Waals surface area contributed by atoms with E-state index >= 15 is 0 Å². The predicted molar refractivity (Wildman–Crippen MR) is 176 cm³/mol. The molecular formula is C35H37N9. The van der Waals surface area contributed by atoms with Gasteiger partial charge in [0.05, 0.1) is 5.69 Å². The van der Waals surface area contributed by atoms with E-state index in [1.54, 1.807) is 6.20 Å². The fraction of sp³-hybridized carbons (Fsp3) is 0.257. The molecule has 1 fully saturated rings. The van der Waals surface area contributed by atoms with E-state index in [-0.39, 0.29) is 0 Å². The van der Waals surface area contributed by atoms with Crippen molar-refractivity contribution in [2.45, 2.75) is 39.2 Å². The van der Waals surface area contributed by atoms with Crippen molar-refractivity contribution < 1.29 is 0 Å². The number of rotatable bonds is 7. The molecule has 2 N–H and O–H groups in total. The summed E-state index contributed by atoms with van der Waals surface area (Å²) >= 11 is 0. The molecule has 1 aliphatic heterocycles. The SMILES string of the molecule is CC.CNc1ncc2cc(-c3ccccc3)c(-c3ccc(CN4CCC(c5nc(-c6ccccn6)n[nH]5)CC4)cc3)nc2n1. The van der Waals surface area contributed by atoms with Crippen LogP contribution in [0.2, 0.25) is 0 Å². The smallest absolute Gasteiger partial charge is 0.224 e. The second-order valence-corrected chi connectivity index (χ2v) is 10.6. The molecule has 2 aromatic carbocycles. The summed E-state index contributed by atoms with van der Waals surface area (Å²) in [5.74, 6) is 2.57. The number of fused-ring (bicyclic) bond motifs is 1. The van der Waals surface area contributed by atoms with Gasteiger partial charge in [0.2, 0.25) is 5.95 Å². The van der Waals surface area contributed by atoms with Gasteiger partial charge in [-0.3, -0.25) is 15.0 Å². The van der Waals surface area contributed by atoms with E-state index in [0.29, 0.717) is 23.3 Å². The molecule has 7 rings (SSSR count). The van der Waals surface area contributed by atoms with E-state index in [9.17, 15) is 0 Å². The third-order valence-electron chi connectivity index (χ3n) is 7.88. The van der Waals surface area contributed by atoms with Gasteiger partial charge in [-0.1, -0.05) is 74.5 Å². The second kappa shape index (κ2) is 13.5. The fourth-order valence-corrected chi connectivity index (χ4v) is 5.60. The topological polar surface area (TPSA) is 108 Å². The van der Waals surface area contributed by atoms with Gasteiger partial charge in [0.1, 0.15) is 11.5 Å². The van der Waals surface area contributed by atoms with E-state index in [4.69, 9.17) is 9.97 Å². The molecule has 0 atom stereocenters. The Morgan fingerprint density at radius 2 is 1.61 bits per heavy atom. The van der Waals surface area contributed by atoms with Gasteiger partial charge in [0, 0.05) is 48.4 Å². The lowest BCUT2D eigenvalue weighted by atomic mass is 9.95. The number of aromatic nitrogens is 7. The number of aromatic amines is 1. The maximum absolute atomic E-state index is 5.01. The predicted octanol–water partition coefficient (Wildman–Crippen LogP) is 6.99. The molecule has 1 aliphatic rings. The molecule has 0 amide bonds. The number of nitrogens with zero attached hydrogens (tertiary/aromatic N) is 7. The average molecular weight is 584 g/mol. The van der Waals surface area contributed by atoms with Crippen molar-refractivity contribution in [2.75, 3.05) is 25.5 Å². The highest BCUT2D eigenvalue weighted by molar-refractivity contribution is 5.90. The van der Waals surface area contributed by atoms with Gasteiger partial charge in [-0.05, 0) is 55.3 Å². The number of hydrogen-bond acceptors (Lipinski definition) is 8. The van der Waals surface area contributed by atoms with Crippen LogP contribution in [0.5, 0.6) is 0 Å². The molecule has 0 aliphatic carbocycles. The van der Waals surface area contributed by atoms with E-state index in [2.05, 4.69) is 90.0 Å². The first-order chi connectivity index (χ1) is 21.7. The zero-order chi connectivity index (χ0) is 30.3. The lowest BCUT2D eigenvalue weighted by Gasteiger charge is -2.31. The first-order valence-electron chi connectivity index (χ1n) is 15.3. The van der Waals surface area contributed by atoms with Crippen LogP contribution in [0, 0.1) is 0 Å². The fourth-order valence-electron chi connectivity index (χ4n) is 5.60. The highest BCUT2D eigenvalue weighted by Gasteiger charge is 2.24. The lowest BCUT2D eigenvalue weighted by molar-refractivity contribution is 0.202. The van der Waals surface area contributed by atoms with Gasteiger partial charge < -0.3 is 5.32 Å². The van der Waals surface area contributed by atoms with E-state index in [1.807, 2.05) is 51.4 Å². The van der Waals surface area contributed by atoms with Crippen molar-refractivity contribution in [3.8, 4) is 33.9 Å². The van der Waals surface area contributed by atoms with Crippen LogP contribution in [0.25, 0.3) is 44.9 Å². The summed E-state index contributed by atoms with van der Waals surface area (Å²) in [5, 5.41) is 11.5. The summed E-state index contributed by atoms with van der Waals surface area (Å²) < 4.78 is 0. The van der Waals surface area contributed by atoms with Crippen LogP contribution in [0.4, 0.5) is 5.95 Å². The number of piperidine rings is 1. The minimum atomic E-state index is 0.385. The number of nitrogens with one attached hydrogen (secondary N) is 2. The lowest BCUT2D eigenvalue weighted by Crippen LogP contribution is -2.32. The maximum Gasteiger partial charge on any atom is 0.224 e. The minimum absolute atomic E-state index is 0.385. The minimum Gasteiger partial charge on any atom is -0.357 e. The highest BCUT2D eigenvalue weighted by Crippen LogP contribution is 2.34. The largest absolute Gasteiger partial charge is 0.357 e. The van der Waals surface area contributed by atoms with Crippen LogP contribution >= 0.6 is 0 Å². The Labute approximate surface area is 257 Å². The molecule has 9 nitrogen and oxygen atoms in total. The van der Waals surface area contributed by atoms with Gasteiger partial charge >= 0.3 is 0 Å². The molecule has 0 spiro atoms. The average Bonchev–Trinajstić information content (AvgIpc) is 3.60. The molecule has 222 valence electrons. The second-order valence-electron chi connectivity index (χ2n) is 10.6. The van der Waals surface area contributed by atoms with Crippen molar-refractivity contribution in [1.29, 1.82) is 0 Å². The monoisotopic (exact) mass is 583 g/mol. The molecule has 0 radical (unpaired) electrons. The summed E-state index contributed by atoms with van der Waals surface area (Å²) in [7, 11) is 1.81. The number of benzene rings is 2. The number of pyridine rings is 2. The molecule has 4 aromatic heterocycles. The Bertz CT molecular complexity index is 1790. The van der Waals surface area contributed by atoms with Gasteiger partial charge in [-0.2, -0.15) is 10.1 Å². The third kappa shape index (κ3) is 6.33. The summed E-state index contributed by atoms with van der Waals surface area (Å²) in [6.07, 6.45) is 5.69. The molecule has 1 saturated heterocycles. The Balaban J connectivity index is 0.00000168. The summed E-state index contributed by atoms with van der Waals surface area (Å²) in [4.78, 5) is 25.6. The Kier molecular flexibility index (Phi) is 8.93. The van der Waals surface area contributed by atoms with Crippen LogP contribution in [-0.2, 0) is 6.54 Å². The number of hydrogen-bond donors (Lipinski definition) is 2. The van der Waals surface area contributed by atoms with Gasteiger partial charge in [-0.15, -0.1) is 0 Å². The maximum atomic E-state index is 5.01. The molecule has 0 bridgehead atoms. The van der Waals surface area contributed by atoms with Gasteiger partial charge in [0.15, 0.2) is 11.5 Å². The molecule has 9 heteroatoms. The van der Waals surface area contributed by atoms with Crippen molar-refractivity contribution in [2.24, 2.45) is 0 Å². The van der Waals surface area contributed by atoms with Crippen molar-refractivity contribution in [3.63, 3.8) is 0 Å². The van der Waals surface area contributed by atoms with Gasteiger partial charge in [-0.25, -0.2) is 15.0 Å². The zero-order valence-corrected chi connectivity index (χ0v) is 25.4. The number of H-pyrrole nitrogens is 1. The molecule has 44 heavy (non-hydrogen) atoms.